The maximum absolute atomic E-state index is 3.66. The lowest BCUT2D eigenvalue weighted by atomic mass is 9.92. The zero-order valence-electron chi connectivity index (χ0n) is 26.0. The Morgan fingerprint density at radius 3 is 1.36 bits per heavy atom. The molecule has 0 heterocycles. The summed E-state index contributed by atoms with van der Waals surface area (Å²) in [6, 6.07) is 69.4. The van der Waals surface area contributed by atoms with Gasteiger partial charge in [0.25, 0.3) is 0 Å². The Balaban J connectivity index is 1.07. The van der Waals surface area contributed by atoms with Crippen molar-refractivity contribution in [3.63, 3.8) is 0 Å². The highest BCUT2D eigenvalue weighted by atomic mass is 14.9. The van der Waals surface area contributed by atoms with Crippen LogP contribution in [0.4, 0.5) is 11.4 Å². The second-order valence-electron chi connectivity index (χ2n) is 11.9. The van der Waals surface area contributed by atoms with E-state index in [1.54, 1.807) is 0 Å². The van der Waals surface area contributed by atoms with Crippen LogP contribution >= 0.6 is 0 Å². The van der Waals surface area contributed by atoms with Crippen LogP contribution in [0.25, 0.3) is 66.4 Å². The number of benzene rings is 8. The minimum atomic E-state index is 1.06. The summed E-state index contributed by atoms with van der Waals surface area (Å²) in [6.07, 6.45) is 0. The van der Waals surface area contributed by atoms with E-state index in [9.17, 15) is 0 Å². The highest BCUT2D eigenvalue weighted by Gasteiger charge is 2.11. The lowest BCUT2D eigenvalue weighted by molar-refractivity contribution is 1.52. The molecule has 0 aromatic heterocycles. The van der Waals surface area contributed by atoms with E-state index in [0.717, 1.165) is 11.4 Å². The van der Waals surface area contributed by atoms with Gasteiger partial charge in [-0.2, -0.15) is 0 Å². The van der Waals surface area contributed by atoms with Crippen molar-refractivity contribution in [2.45, 2.75) is 0 Å². The summed E-state index contributed by atoms with van der Waals surface area (Å²) in [4.78, 5) is 0. The Bertz CT molecular complexity index is 2260. The van der Waals surface area contributed by atoms with Crippen LogP contribution in [0, 0.1) is 0 Å². The van der Waals surface area contributed by atoms with Crippen molar-refractivity contribution in [3.05, 3.63) is 194 Å². The Labute approximate surface area is 276 Å². The van der Waals surface area contributed by atoms with Gasteiger partial charge in [0.2, 0.25) is 0 Å². The molecule has 0 bridgehead atoms. The maximum Gasteiger partial charge on any atom is 0.0390 e. The quantitative estimate of drug-likeness (QED) is 0.192. The normalized spacial score (nSPS) is 11.0. The third-order valence-electron chi connectivity index (χ3n) is 8.90. The van der Waals surface area contributed by atoms with Crippen LogP contribution in [0.5, 0.6) is 0 Å². The number of fused-ring (bicyclic) bond motifs is 1. The molecular formula is C46H33N. The summed E-state index contributed by atoms with van der Waals surface area (Å²) in [5, 5.41) is 6.18. The Kier molecular flexibility index (Phi) is 7.63. The van der Waals surface area contributed by atoms with E-state index in [0.29, 0.717) is 0 Å². The van der Waals surface area contributed by atoms with E-state index in [1.165, 1.54) is 66.4 Å². The molecule has 0 aliphatic heterocycles. The number of nitrogens with one attached hydrogen (secondary N) is 1. The minimum absolute atomic E-state index is 1.06. The number of hydrogen-bond acceptors (Lipinski definition) is 1. The topological polar surface area (TPSA) is 12.0 Å². The van der Waals surface area contributed by atoms with Gasteiger partial charge in [-0.05, 0) is 90.7 Å². The number of hydrogen-bond donors (Lipinski definition) is 1. The molecule has 0 atom stereocenters. The molecule has 0 radical (unpaired) electrons. The molecule has 0 saturated heterocycles. The molecule has 0 fully saturated rings. The molecule has 1 heteroatoms. The zero-order valence-corrected chi connectivity index (χ0v) is 26.0. The van der Waals surface area contributed by atoms with E-state index in [-0.39, 0.29) is 0 Å². The molecule has 0 unspecified atom stereocenters. The van der Waals surface area contributed by atoms with Crippen LogP contribution in [-0.2, 0) is 0 Å². The van der Waals surface area contributed by atoms with Gasteiger partial charge in [-0.1, -0.05) is 170 Å². The molecule has 8 aromatic rings. The van der Waals surface area contributed by atoms with Gasteiger partial charge >= 0.3 is 0 Å². The monoisotopic (exact) mass is 599 g/mol. The summed E-state index contributed by atoms with van der Waals surface area (Å²) in [5.41, 5.74) is 14.3. The van der Waals surface area contributed by atoms with Crippen molar-refractivity contribution in [2.75, 3.05) is 5.32 Å². The van der Waals surface area contributed by atoms with Gasteiger partial charge in [-0.15, -0.1) is 0 Å². The van der Waals surface area contributed by atoms with Gasteiger partial charge < -0.3 is 5.32 Å². The van der Waals surface area contributed by atoms with Crippen LogP contribution in [0.15, 0.2) is 194 Å². The smallest absolute Gasteiger partial charge is 0.0390 e. The predicted octanol–water partition coefficient (Wildman–Crippen LogP) is 12.9. The SMILES string of the molecule is c1ccc(-c2ccc(-c3ccc(-c4ccc(Nc5ccc(-c6cccc7ccccc67)cc5)cc4-c4ccccc4)cc3)cc2)cc1. The summed E-state index contributed by atoms with van der Waals surface area (Å²) in [5.74, 6) is 0. The summed E-state index contributed by atoms with van der Waals surface area (Å²) in [6.45, 7) is 0. The van der Waals surface area contributed by atoms with Crippen LogP contribution in [0.1, 0.15) is 0 Å². The fourth-order valence-electron chi connectivity index (χ4n) is 6.44. The van der Waals surface area contributed by atoms with Gasteiger partial charge in [0, 0.05) is 11.4 Å². The van der Waals surface area contributed by atoms with E-state index in [4.69, 9.17) is 0 Å². The van der Waals surface area contributed by atoms with Crippen molar-refractivity contribution in [3.8, 4) is 55.6 Å². The van der Waals surface area contributed by atoms with Crippen molar-refractivity contribution in [1.82, 2.24) is 0 Å². The Morgan fingerprint density at radius 2 is 0.702 bits per heavy atom. The van der Waals surface area contributed by atoms with Crippen molar-refractivity contribution in [1.29, 1.82) is 0 Å². The van der Waals surface area contributed by atoms with E-state index < -0.39 is 0 Å². The first-order chi connectivity index (χ1) is 23.3. The molecule has 1 nitrogen and oxygen atoms in total. The first-order valence-electron chi connectivity index (χ1n) is 16.1. The molecule has 8 aromatic carbocycles. The van der Waals surface area contributed by atoms with Gasteiger partial charge in [-0.3, -0.25) is 0 Å². The lowest BCUT2D eigenvalue weighted by Crippen LogP contribution is -1.93. The Hall–Kier alpha value is -6.18. The van der Waals surface area contributed by atoms with E-state index >= 15 is 0 Å². The summed E-state index contributed by atoms with van der Waals surface area (Å²) >= 11 is 0. The van der Waals surface area contributed by atoms with Crippen molar-refractivity contribution < 1.29 is 0 Å². The standard InChI is InChI=1S/C46H33N/c1-3-10-33(11-4-1)34-18-20-35(21-19-34)36-22-24-39(25-23-36)45-31-30-42(32-46(45)38-12-5-2-6-13-38)47-41-28-26-40(27-29-41)44-17-9-15-37-14-7-8-16-43(37)44/h1-32,47H. The fourth-order valence-corrected chi connectivity index (χ4v) is 6.44. The second kappa shape index (κ2) is 12.7. The van der Waals surface area contributed by atoms with Crippen LogP contribution in [-0.4, -0.2) is 0 Å². The highest BCUT2D eigenvalue weighted by Crippen LogP contribution is 2.37. The summed E-state index contributed by atoms with van der Waals surface area (Å²) in [7, 11) is 0. The third-order valence-corrected chi connectivity index (χ3v) is 8.90. The Morgan fingerprint density at radius 1 is 0.255 bits per heavy atom. The van der Waals surface area contributed by atoms with E-state index in [1.807, 2.05) is 0 Å². The first-order valence-corrected chi connectivity index (χ1v) is 16.1. The molecule has 0 spiro atoms. The molecule has 8 rings (SSSR count). The summed E-state index contributed by atoms with van der Waals surface area (Å²) < 4.78 is 0. The van der Waals surface area contributed by atoms with Gasteiger partial charge in [0.05, 0.1) is 0 Å². The van der Waals surface area contributed by atoms with Crippen LogP contribution < -0.4 is 5.32 Å². The molecule has 0 aliphatic carbocycles. The zero-order chi connectivity index (χ0) is 31.4. The molecule has 0 aliphatic rings. The predicted molar refractivity (Wildman–Crippen MR) is 201 cm³/mol. The van der Waals surface area contributed by atoms with Gasteiger partial charge in [0.15, 0.2) is 0 Å². The van der Waals surface area contributed by atoms with Gasteiger partial charge in [-0.25, -0.2) is 0 Å². The minimum Gasteiger partial charge on any atom is -0.356 e. The molecule has 0 saturated carbocycles. The van der Waals surface area contributed by atoms with E-state index in [2.05, 4.69) is 199 Å². The van der Waals surface area contributed by atoms with Gasteiger partial charge in [0.1, 0.15) is 0 Å². The largest absolute Gasteiger partial charge is 0.356 e. The second-order valence-corrected chi connectivity index (χ2v) is 11.9. The van der Waals surface area contributed by atoms with Crippen LogP contribution in [0.2, 0.25) is 0 Å². The first kappa shape index (κ1) is 28.3. The molecular weight excluding hydrogens is 567 g/mol. The average Bonchev–Trinajstić information content (AvgIpc) is 3.16. The fraction of sp³-hybridized carbons (Fsp3) is 0. The third kappa shape index (κ3) is 5.95. The van der Waals surface area contributed by atoms with Crippen molar-refractivity contribution in [2.24, 2.45) is 0 Å². The average molecular weight is 600 g/mol. The maximum atomic E-state index is 3.66. The molecule has 47 heavy (non-hydrogen) atoms. The van der Waals surface area contributed by atoms with Crippen molar-refractivity contribution >= 4 is 22.1 Å². The lowest BCUT2D eigenvalue weighted by Gasteiger charge is -2.15. The molecule has 0 amide bonds. The number of anilines is 2. The molecule has 222 valence electrons. The van der Waals surface area contributed by atoms with Crippen LogP contribution in [0.3, 0.4) is 0 Å². The molecule has 1 N–H and O–H groups in total. The highest BCUT2D eigenvalue weighted by molar-refractivity contribution is 5.97. The number of rotatable bonds is 7.